The first-order valence-corrected chi connectivity index (χ1v) is 21.9. The molecule has 0 atom stereocenters. The van der Waals surface area contributed by atoms with Gasteiger partial charge in [-0.15, -0.1) is 46.8 Å². The number of hydrogen-bond acceptors (Lipinski definition) is 6. The molecular formula is C43H57NO5PPdS-3. The summed E-state index contributed by atoms with van der Waals surface area (Å²) >= 11 is 0. The standard InChI is InChI=1S/C30H42O2P.C12H12N.CH4O3S.Pd/c1-22(2)31-27-19-13-20-28(32-23(3)4)30(27)26-18-11-12-21-29(26)33(24-14-7-5-8-15-24)25-16-9-6-10-17-25;13-12-9-5-4-8-11(12)10-6-2-1-3-7-10;1-5(2,3)4;/h11-13,18-20,22-25H,5-10,14-17H2,1-4H3;1-8H,9,13H2;1H3,(H,2,3,4);/q2*-1;;/p-1. The van der Waals surface area contributed by atoms with Crippen LogP contribution >= 0.6 is 7.92 Å². The fourth-order valence-corrected chi connectivity index (χ4v) is 11.0. The zero-order valence-electron chi connectivity index (χ0n) is 31.5. The van der Waals surface area contributed by atoms with Crippen LogP contribution in [-0.4, -0.2) is 42.8 Å². The van der Waals surface area contributed by atoms with E-state index in [4.69, 9.17) is 28.2 Å². The maximum absolute atomic E-state index is 9.08. The molecule has 0 unspecified atom stereocenters. The third-order valence-corrected chi connectivity index (χ3v) is 12.7. The average molecular weight is 837 g/mol. The van der Waals surface area contributed by atoms with E-state index in [0.717, 1.165) is 46.4 Å². The Hall–Kier alpha value is -2.43. The van der Waals surface area contributed by atoms with Gasteiger partial charge in [0.25, 0.3) is 0 Å². The minimum atomic E-state index is -3.92. The van der Waals surface area contributed by atoms with Crippen molar-refractivity contribution in [1.82, 2.24) is 0 Å². The topological polar surface area (TPSA) is 102 Å². The van der Waals surface area contributed by atoms with Crippen LogP contribution in [0.2, 0.25) is 0 Å². The van der Waals surface area contributed by atoms with Crippen molar-refractivity contribution in [3.05, 3.63) is 103 Å². The van der Waals surface area contributed by atoms with Crippen molar-refractivity contribution in [3.63, 3.8) is 0 Å². The van der Waals surface area contributed by atoms with E-state index in [1.807, 2.05) is 18.2 Å². The summed E-state index contributed by atoms with van der Waals surface area (Å²) in [4.78, 5) is 0. The summed E-state index contributed by atoms with van der Waals surface area (Å²) in [6, 6.07) is 27.9. The molecule has 2 saturated carbocycles. The van der Waals surface area contributed by atoms with E-state index >= 15 is 0 Å². The maximum atomic E-state index is 9.08. The molecular weight excluding hydrogens is 780 g/mol. The summed E-state index contributed by atoms with van der Waals surface area (Å²) in [6.07, 6.45) is 21.9. The van der Waals surface area contributed by atoms with Gasteiger partial charge in [-0.2, -0.15) is 35.9 Å². The first-order valence-electron chi connectivity index (χ1n) is 18.6. The molecule has 0 aliphatic heterocycles. The van der Waals surface area contributed by atoms with Crippen molar-refractivity contribution in [2.24, 2.45) is 5.73 Å². The van der Waals surface area contributed by atoms with E-state index < -0.39 is 10.1 Å². The van der Waals surface area contributed by atoms with Crippen molar-refractivity contribution in [2.75, 3.05) is 6.26 Å². The summed E-state index contributed by atoms with van der Waals surface area (Å²) in [5.74, 6) is 1.87. The second-order valence-corrected chi connectivity index (χ2v) is 18.3. The number of nitrogens with two attached hydrogens (primary N) is 1. The van der Waals surface area contributed by atoms with Crippen molar-refractivity contribution >= 4 is 28.9 Å². The SMILES string of the molecule is CC(C)Oc1cccc(OC(C)C)c1-c1ccc[c-]c1P(C1CCCCC1)C1CCCCC1.CS(=O)(=O)[O-].N[C-]1CC=CC=C1c1ccccc1.[Pd]. The molecule has 52 heavy (non-hydrogen) atoms. The first-order chi connectivity index (χ1) is 24.4. The second-order valence-electron chi connectivity index (χ2n) is 14.2. The van der Waals surface area contributed by atoms with Crippen molar-refractivity contribution < 1.29 is 42.9 Å². The van der Waals surface area contributed by atoms with E-state index in [0.29, 0.717) is 6.26 Å². The normalized spacial score (nSPS) is 16.7. The molecule has 2 fully saturated rings. The second kappa shape index (κ2) is 22.1. The van der Waals surface area contributed by atoms with Gasteiger partial charge in [-0.1, -0.05) is 70.7 Å². The van der Waals surface area contributed by atoms with Crippen LogP contribution in [0.25, 0.3) is 16.7 Å². The van der Waals surface area contributed by atoms with Crippen LogP contribution in [0, 0.1) is 12.1 Å². The summed E-state index contributed by atoms with van der Waals surface area (Å²) in [6.45, 7) is 8.42. The van der Waals surface area contributed by atoms with Gasteiger partial charge in [0, 0.05) is 32.2 Å². The van der Waals surface area contributed by atoms with E-state index in [2.05, 4.69) is 101 Å². The monoisotopic (exact) mass is 836 g/mol. The van der Waals surface area contributed by atoms with Gasteiger partial charge >= 0.3 is 0 Å². The van der Waals surface area contributed by atoms with Crippen molar-refractivity contribution in [2.45, 2.75) is 122 Å². The Morgan fingerprint density at radius 1 is 0.808 bits per heavy atom. The predicted molar refractivity (Wildman–Crippen MR) is 214 cm³/mol. The van der Waals surface area contributed by atoms with Crippen LogP contribution in [0.3, 0.4) is 0 Å². The average Bonchev–Trinajstić information content (AvgIpc) is 3.10. The minimum absolute atomic E-state index is 0. The molecule has 0 aromatic heterocycles. The van der Waals surface area contributed by atoms with Gasteiger partial charge in [-0.05, 0) is 83.2 Å². The Morgan fingerprint density at radius 2 is 1.33 bits per heavy atom. The molecule has 2 N–H and O–H groups in total. The van der Waals surface area contributed by atoms with Gasteiger partial charge in [0.15, 0.2) is 0 Å². The zero-order chi connectivity index (χ0) is 36.8. The first kappa shape index (κ1) is 44.0. The molecule has 3 aromatic carbocycles. The van der Waals surface area contributed by atoms with E-state index in [1.54, 1.807) is 0 Å². The number of hydrogen-bond donors (Lipinski definition) is 1. The number of allylic oxidation sites excluding steroid dienone is 2. The van der Waals surface area contributed by atoms with Gasteiger partial charge in [0.1, 0.15) is 11.5 Å². The van der Waals surface area contributed by atoms with Crippen LogP contribution in [-0.2, 0) is 30.5 Å². The largest absolute Gasteiger partial charge is 0.748 e. The molecule has 0 heterocycles. The fourth-order valence-electron chi connectivity index (χ4n) is 7.18. The smallest absolute Gasteiger partial charge is 0.119 e. The van der Waals surface area contributed by atoms with Crippen molar-refractivity contribution in [3.8, 4) is 22.6 Å². The Morgan fingerprint density at radius 3 is 1.81 bits per heavy atom. The number of rotatable bonds is 9. The number of benzene rings is 3. The van der Waals surface area contributed by atoms with Crippen LogP contribution in [0.1, 0.15) is 104 Å². The van der Waals surface area contributed by atoms with Crippen LogP contribution in [0.5, 0.6) is 11.5 Å². The van der Waals surface area contributed by atoms with Gasteiger partial charge in [0.2, 0.25) is 0 Å². The fraction of sp³-hybridized carbons (Fsp3) is 0.465. The molecule has 9 heteroatoms. The maximum Gasteiger partial charge on any atom is 0.119 e. The van der Waals surface area contributed by atoms with E-state index in [1.165, 1.54) is 80.6 Å². The molecule has 0 radical (unpaired) electrons. The summed E-state index contributed by atoms with van der Waals surface area (Å²) in [5.41, 5.74) is 12.4. The van der Waals surface area contributed by atoms with E-state index in [9.17, 15) is 0 Å². The molecule has 6 rings (SSSR count). The van der Waals surface area contributed by atoms with E-state index in [-0.39, 0.29) is 40.6 Å². The third kappa shape index (κ3) is 14.1. The van der Waals surface area contributed by atoms with Gasteiger partial charge in [-0.25, -0.2) is 8.42 Å². The summed E-state index contributed by atoms with van der Waals surface area (Å²) < 4.78 is 40.0. The molecule has 0 bridgehead atoms. The molecule has 0 amide bonds. The number of ether oxygens (including phenoxy) is 2. The quantitative estimate of drug-likeness (QED) is 0.0997. The molecule has 3 aliphatic rings. The zero-order valence-corrected chi connectivity index (χ0v) is 34.7. The minimum Gasteiger partial charge on any atom is -0.748 e. The molecule has 3 aromatic rings. The molecule has 288 valence electrons. The van der Waals surface area contributed by atoms with Gasteiger partial charge in [-0.3, -0.25) is 0 Å². The van der Waals surface area contributed by atoms with Crippen LogP contribution in [0.15, 0.2) is 85.0 Å². The molecule has 3 aliphatic carbocycles. The van der Waals surface area contributed by atoms with Crippen molar-refractivity contribution in [1.29, 1.82) is 0 Å². The Kier molecular flexibility index (Phi) is 18.7. The Balaban J connectivity index is 0.000000316. The Bertz CT molecular complexity index is 1610. The van der Waals surface area contributed by atoms with Crippen LogP contribution in [0.4, 0.5) is 0 Å². The summed E-state index contributed by atoms with van der Waals surface area (Å²) in [5, 5.41) is 1.47. The molecule has 6 nitrogen and oxygen atoms in total. The van der Waals surface area contributed by atoms with Gasteiger partial charge < -0.3 is 19.8 Å². The predicted octanol–water partition coefficient (Wildman–Crippen LogP) is 10.2. The Labute approximate surface area is 329 Å². The summed E-state index contributed by atoms with van der Waals surface area (Å²) in [7, 11) is -4.19. The van der Waals surface area contributed by atoms with Crippen LogP contribution < -0.4 is 20.5 Å². The molecule has 0 spiro atoms. The molecule has 0 saturated heterocycles. The van der Waals surface area contributed by atoms with Gasteiger partial charge in [0.05, 0.1) is 22.3 Å². The third-order valence-electron chi connectivity index (χ3n) is 9.18.